The molecule has 2 aromatic rings. The van der Waals surface area contributed by atoms with Crippen molar-refractivity contribution in [1.29, 1.82) is 0 Å². The van der Waals surface area contributed by atoms with Crippen LogP contribution >= 0.6 is 31.9 Å². The third kappa shape index (κ3) is 3.27. The number of hydrogen-bond acceptors (Lipinski definition) is 2. The van der Waals surface area contributed by atoms with Crippen molar-refractivity contribution in [1.82, 2.24) is 4.98 Å². The van der Waals surface area contributed by atoms with Crippen LogP contribution in [0.3, 0.4) is 0 Å². The Labute approximate surface area is 123 Å². The van der Waals surface area contributed by atoms with E-state index in [9.17, 15) is 4.79 Å². The molecular formula is C14H11Br2NO. The lowest BCUT2D eigenvalue weighted by molar-refractivity contribution is 0.0991. The molecule has 1 aromatic heterocycles. The van der Waals surface area contributed by atoms with Gasteiger partial charge in [0.25, 0.3) is 0 Å². The number of ketones is 1. The van der Waals surface area contributed by atoms with Gasteiger partial charge in [0.05, 0.1) is 6.42 Å². The molecule has 1 aromatic carbocycles. The van der Waals surface area contributed by atoms with Crippen LogP contribution in [-0.4, -0.2) is 10.8 Å². The summed E-state index contributed by atoms with van der Waals surface area (Å²) < 4.78 is 1.83. The average molecular weight is 369 g/mol. The van der Waals surface area contributed by atoms with E-state index in [0.717, 1.165) is 25.8 Å². The maximum atomic E-state index is 12.2. The predicted octanol–water partition coefficient (Wildman–Crippen LogP) is 4.34. The number of halogens is 2. The summed E-state index contributed by atoms with van der Waals surface area (Å²) in [6.45, 7) is 1.94. The van der Waals surface area contributed by atoms with Gasteiger partial charge in [-0.15, -0.1) is 0 Å². The second-order valence-corrected chi connectivity index (χ2v) is 5.86. The minimum atomic E-state index is 0.0867. The molecule has 0 aliphatic carbocycles. The first-order chi connectivity index (χ1) is 8.56. The van der Waals surface area contributed by atoms with Crippen LogP contribution in [0.1, 0.15) is 21.6 Å². The zero-order valence-corrected chi connectivity index (χ0v) is 13.0. The molecule has 2 nitrogen and oxygen atoms in total. The Morgan fingerprint density at radius 2 is 1.89 bits per heavy atom. The summed E-state index contributed by atoms with van der Waals surface area (Å²) in [5, 5.41) is 0. The molecule has 0 N–H and O–H groups in total. The largest absolute Gasteiger partial charge is 0.294 e. The number of aromatic nitrogens is 1. The van der Waals surface area contributed by atoms with Crippen LogP contribution < -0.4 is 0 Å². The molecule has 0 saturated heterocycles. The molecule has 2 rings (SSSR count). The number of benzene rings is 1. The monoisotopic (exact) mass is 367 g/mol. The Kier molecular flexibility index (Phi) is 4.30. The summed E-state index contributed by atoms with van der Waals surface area (Å²) in [5.41, 5.74) is 2.51. The molecule has 0 atom stereocenters. The quantitative estimate of drug-likeness (QED) is 0.754. The van der Waals surface area contributed by atoms with E-state index in [-0.39, 0.29) is 5.78 Å². The number of aryl methyl sites for hydroxylation is 1. The standard InChI is InChI=1S/C14H11Br2NO/c1-9-2-3-10(15)6-13(9)14(18)7-12-5-4-11(16)8-17-12/h2-6,8H,7H2,1H3. The Morgan fingerprint density at radius 1 is 1.17 bits per heavy atom. The molecule has 0 bridgehead atoms. The van der Waals surface area contributed by atoms with Crippen molar-refractivity contribution >= 4 is 37.6 Å². The number of rotatable bonds is 3. The average Bonchev–Trinajstić information content (AvgIpc) is 2.35. The molecule has 0 radical (unpaired) electrons. The Balaban J connectivity index is 2.21. The van der Waals surface area contributed by atoms with Gasteiger partial charge in [0.2, 0.25) is 0 Å². The van der Waals surface area contributed by atoms with Crippen molar-refractivity contribution in [2.75, 3.05) is 0 Å². The first-order valence-corrected chi connectivity index (χ1v) is 7.04. The third-order valence-electron chi connectivity index (χ3n) is 2.63. The molecule has 0 saturated carbocycles. The predicted molar refractivity (Wildman–Crippen MR) is 78.9 cm³/mol. The number of Topliss-reactive ketones (excluding diaryl/α,β-unsaturated/α-hetero) is 1. The summed E-state index contributed by atoms with van der Waals surface area (Å²) in [5.74, 6) is 0.0867. The number of hydrogen-bond donors (Lipinski definition) is 0. The van der Waals surface area contributed by atoms with E-state index < -0.39 is 0 Å². The van der Waals surface area contributed by atoms with Gasteiger partial charge in [-0.3, -0.25) is 9.78 Å². The first-order valence-electron chi connectivity index (χ1n) is 5.46. The number of nitrogens with zero attached hydrogens (tertiary/aromatic N) is 1. The highest BCUT2D eigenvalue weighted by Crippen LogP contribution is 2.18. The minimum absolute atomic E-state index is 0.0867. The third-order valence-corrected chi connectivity index (χ3v) is 3.59. The fraction of sp³-hybridized carbons (Fsp3) is 0.143. The van der Waals surface area contributed by atoms with Crippen molar-refractivity contribution in [3.8, 4) is 0 Å². The SMILES string of the molecule is Cc1ccc(Br)cc1C(=O)Cc1ccc(Br)cn1. The fourth-order valence-corrected chi connectivity index (χ4v) is 2.26. The molecule has 4 heteroatoms. The van der Waals surface area contributed by atoms with Crippen LogP contribution in [0, 0.1) is 6.92 Å². The zero-order chi connectivity index (χ0) is 13.1. The van der Waals surface area contributed by atoms with E-state index in [1.807, 2.05) is 37.3 Å². The molecule has 0 amide bonds. The van der Waals surface area contributed by atoms with Gasteiger partial charge in [0, 0.05) is 26.4 Å². The van der Waals surface area contributed by atoms with Crippen LogP contribution in [-0.2, 0) is 6.42 Å². The van der Waals surface area contributed by atoms with Gasteiger partial charge >= 0.3 is 0 Å². The zero-order valence-electron chi connectivity index (χ0n) is 9.78. The summed E-state index contributed by atoms with van der Waals surface area (Å²) in [4.78, 5) is 16.4. The van der Waals surface area contributed by atoms with Crippen LogP contribution in [0.5, 0.6) is 0 Å². The highest BCUT2D eigenvalue weighted by molar-refractivity contribution is 9.10. The fourth-order valence-electron chi connectivity index (χ4n) is 1.67. The van der Waals surface area contributed by atoms with E-state index in [4.69, 9.17) is 0 Å². The molecule has 0 unspecified atom stereocenters. The van der Waals surface area contributed by atoms with Crippen LogP contribution in [0.25, 0.3) is 0 Å². The molecule has 0 aliphatic rings. The normalized spacial score (nSPS) is 10.4. The molecule has 92 valence electrons. The minimum Gasteiger partial charge on any atom is -0.294 e. The number of pyridine rings is 1. The highest BCUT2D eigenvalue weighted by atomic mass is 79.9. The smallest absolute Gasteiger partial charge is 0.169 e. The van der Waals surface area contributed by atoms with Crippen LogP contribution in [0.4, 0.5) is 0 Å². The van der Waals surface area contributed by atoms with Crippen molar-refractivity contribution < 1.29 is 4.79 Å². The molecular weight excluding hydrogens is 358 g/mol. The van der Waals surface area contributed by atoms with Crippen molar-refractivity contribution in [3.05, 3.63) is 62.3 Å². The maximum absolute atomic E-state index is 12.2. The van der Waals surface area contributed by atoms with Gasteiger partial charge in [-0.1, -0.05) is 22.0 Å². The maximum Gasteiger partial charge on any atom is 0.169 e. The number of carbonyl (C=O) groups is 1. The molecule has 1 heterocycles. The van der Waals surface area contributed by atoms with Gasteiger partial charge < -0.3 is 0 Å². The second kappa shape index (κ2) is 5.76. The van der Waals surface area contributed by atoms with Crippen molar-refractivity contribution in [2.45, 2.75) is 13.3 Å². The second-order valence-electron chi connectivity index (χ2n) is 4.03. The van der Waals surface area contributed by atoms with E-state index in [1.165, 1.54) is 0 Å². The van der Waals surface area contributed by atoms with Crippen molar-refractivity contribution in [2.24, 2.45) is 0 Å². The summed E-state index contributed by atoms with van der Waals surface area (Å²) in [6.07, 6.45) is 2.03. The first kappa shape index (κ1) is 13.4. The molecule has 0 spiro atoms. The Morgan fingerprint density at radius 3 is 2.56 bits per heavy atom. The Bertz CT molecular complexity index is 579. The molecule has 18 heavy (non-hydrogen) atoms. The van der Waals surface area contributed by atoms with Gasteiger partial charge in [0.15, 0.2) is 5.78 Å². The molecule has 0 aliphatic heterocycles. The Hall–Kier alpha value is -1.00. The lowest BCUT2D eigenvalue weighted by Gasteiger charge is -2.05. The highest BCUT2D eigenvalue weighted by Gasteiger charge is 2.11. The van der Waals surface area contributed by atoms with E-state index in [2.05, 4.69) is 36.8 Å². The summed E-state index contributed by atoms with van der Waals surface area (Å²) >= 11 is 6.71. The summed E-state index contributed by atoms with van der Waals surface area (Å²) in [6, 6.07) is 9.48. The van der Waals surface area contributed by atoms with Gasteiger partial charge in [-0.25, -0.2) is 0 Å². The summed E-state index contributed by atoms with van der Waals surface area (Å²) in [7, 11) is 0. The van der Waals surface area contributed by atoms with E-state index >= 15 is 0 Å². The van der Waals surface area contributed by atoms with Gasteiger partial charge in [-0.2, -0.15) is 0 Å². The lowest BCUT2D eigenvalue weighted by Crippen LogP contribution is -2.06. The van der Waals surface area contributed by atoms with E-state index in [1.54, 1.807) is 6.20 Å². The van der Waals surface area contributed by atoms with Gasteiger partial charge in [-0.05, 0) is 52.7 Å². The topological polar surface area (TPSA) is 30.0 Å². The van der Waals surface area contributed by atoms with Crippen molar-refractivity contribution in [3.63, 3.8) is 0 Å². The van der Waals surface area contributed by atoms with E-state index in [0.29, 0.717) is 6.42 Å². The van der Waals surface area contributed by atoms with Crippen LogP contribution in [0.2, 0.25) is 0 Å². The number of carbonyl (C=O) groups excluding carboxylic acids is 1. The van der Waals surface area contributed by atoms with Crippen LogP contribution in [0.15, 0.2) is 45.5 Å². The molecule has 0 fully saturated rings. The van der Waals surface area contributed by atoms with Gasteiger partial charge in [0.1, 0.15) is 0 Å². The lowest BCUT2D eigenvalue weighted by atomic mass is 10.0.